The molecule has 1 amide bonds. The van der Waals surface area contributed by atoms with Crippen LogP contribution in [0, 0.1) is 11.7 Å². The molecule has 1 aromatic rings. The molecule has 1 aromatic heterocycles. The van der Waals surface area contributed by atoms with Gasteiger partial charge in [0.25, 0.3) is 0 Å². The summed E-state index contributed by atoms with van der Waals surface area (Å²) < 4.78 is 47.2. The molecule has 2 saturated heterocycles. The maximum Gasteiger partial charge on any atom is 0.250 e. The lowest BCUT2D eigenvalue weighted by Crippen LogP contribution is -2.66. The van der Waals surface area contributed by atoms with Gasteiger partial charge in [-0.2, -0.15) is 0 Å². The summed E-state index contributed by atoms with van der Waals surface area (Å²) >= 11 is 0. The first-order chi connectivity index (χ1) is 11.8. The highest BCUT2D eigenvalue weighted by atomic mass is 32.2. The third kappa shape index (κ3) is 4.09. The molecule has 2 fully saturated rings. The van der Waals surface area contributed by atoms with Gasteiger partial charge in [0.1, 0.15) is 11.4 Å². The zero-order valence-electron chi connectivity index (χ0n) is 14.0. The fraction of sp³-hybridized carbons (Fsp3) is 0.625. The zero-order chi connectivity index (χ0) is 18.1. The molecule has 0 radical (unpaired) electrons. The van der Waals surface area contributed by atoms with Crippen LogP contribution in [0.25, 0.3) is 0 Å². The van der Waals surface area contributed by atoms with Crippen LogP contribution < -0.4 is 4.74 Å². The summed E-state index contributed by atoms with van der Waals surface area (Å²) in [6.07, 6.45) is 4.01. The van der Waals surface area contributed by atoms with Crippen molar-refractivity contribution in [3.63, 3.8) is 0 Å². The first kappa shape index (κ1) is 18.1. The minimum absolute atomic E-state index is 0.0194. The molecule has 0 bridgehead atoms. The molecule has 2 aliphatic rings. The predicted octanol–water partition coefficient (Wildman–Crippen LogP) is 0.652. The number of pyridine rings is 1. The molecular formula is C16H21FN2O5S. The summed E-state index contributed by atoms with van der Waals surface area (Å²) in [5.41, 5.74) is -0.431. The predicted molar refractivity (Wildman–Crippen MR) is 87.4 cm³/mol. The molecule has 3 heterocycles. The fourth-order valence-electron chi connectivity index (χ4n) is 3.41. The number of halogens is 1. The summed E-state index contributed by atoms with van der Waals surface area (Å²) in [4.78, 5) is 17.3. The topological polar surface area (TPSA) is 85.8 Å². The number of sulfone groups is 1. The van der Waals surface area contributed by atoms with Crippen molar-refractivity contribution < 1.29 is 27.1 Å². The number of carbonyl (C=O) groups excluding carboxylic acids is 1. The average Bonchev–Trinajstić information content (AvgIpc) is 2.90. The van der Waals surface area contributed by atoms with Crippen LogP contribution in [0.1, 0.15) is 12.8 Å². The zero-order valence-corrected chi connectivity index (χ0v) is 14.8. The van der Waals surface area contributed by atoms with Crippen LogP contribution in [-0.2, 0) is 19.4 Å². The number of hydrogen-bond donors (Lipinski definition) is 0. The largest absolute Gasteiger partial charge is 0.476 e. The lowest BCUT2D eigenvalue weighted by Gasteiger charge is -2.50. The Morgan fingerprint density at radius 2 is 2.28 bits per heavy atom. The second-order valence-electron chi connectivity index (χ2n) is 6.65. The average molecular weight is 372 g/mol. The first-order valence-corrected chi connectivity index (χ1v) is 10.2. The molecule has 0 aromatic carbocycles. The standard InChI is InChI=1S/C16H21FN2O5S/c1-25(21,22)9-14(20)19-10-16(11-19)12(5-8-24-16)4-7-23-15-13(17)3-2-6-18-15/h2-3,6,12H,4-5,7-11H2,1H3/t12-/m0/s1. The van der Waals surface area contributed by atoms with Gasteiger partial charge < -0.3 is 14.4 Å². The van der Waals surface area contributed by atoms with Gasteiger partial charge in [-0.1, -0.05) is 0 Å². The number of likely N-dealkylation sites (tertiary alicyclic amines) is 1. The summed E-state index contributed by atoms with van der Waals surface area (Å²) in [6, 6.07) is 2.79. The number of aromatic nitrogens is 1. The third-order valence-corrected chi connectivity index (χ3v) is 5.46. The van der Waals surface area contributed by atoms with Crippen LogP contribution >= 0.6 is 0 Å². The van der Waals surface area contributed by atoms with Gasteiger partial charge in [0.05, 0.1) is 19.7 Å². The van der Waals surface area contributed by atoms with Crippen LogP contribution in [0.2, 0.25) is 0 Å². The van der Waals surface area contributed by atoms with Crippen molar-refractivity contribution in [3.8, 4) is 5.88 Å². The fourth-order valence-corrected chi connectivity index (χ4v) is 4.04. The Bertz CT molecular complexity index is 749. The SMILES string of the molecule is CS(=O)(=O)CC(=O)N1CC2(C1)OCC[C@@H]2CCOc1ncccc1F. The number of nitrogens with zero attached hydrogens (tertiary/aromatic N) is 2. The lowest BCUT2D eigenvalue weighted by molar-refractivity contribution is -0.163. The number of rotatable bonds is 6. The van der Waals surface area contributed by atoms with Crippen LogP contribution in [0.4, 0.5) is 4.39 Å². The van der Waals surface area contributed by atoms with E-state index in [1.54, 1.807) is 0 Å². The quantitative estimate of drug-likeness (QED) is 0.729. The number of amides is 1. The molecule has 25 heavy (non-hydrogen) atoms. The smallest absolute Gasteiger partial charge is 0.250 e. The van der Waals surface area contributed by atoms with Gasteiger partial charge >= 0.3 is 0 Å². The molecule has 138 valence electrons. The van der Waals surface area contributed by atoms with E-state index >= 15 is 0 Å². The molecule has 9 heteroatoms. The number of hydrogen-bond acceptors (Lipinski definition) is 6. The highest BCUT2D eigenvalue weighted by Gasteiger charge is 2.54. The van der Waals surface area contributed by atoms with Crippen molar-refractivity contribution >= 4 is 15.7 Å². The second-order valence-corrected chi connectivity index (χ2v) is 8.79. The maximum atomic E-state index is 13.5. The van der Waals surface area contributed by atoms with Gasteiger partial charge in [0.2, 0.25) is 11.8 Å². The molecule has 3 rings (SSSR count). The second kappa shape index (κ2) is 6.87. The van der Waals surface area contributed by atoms with Crippen LogP contribution in [0.5, 0.6) is 5.88 Å². The van der Waals surface area contributed by atoms with Crippen molar-refractivity contribution in [2.45, 2.75) is 18.4 Å². The van der Waals surface area contributed by atoms with Crippen molar-refractivity contribution in [2.24, 2.45) is 5.92 Å². The Labute approximate surface area is 146 Å². The maximum absolute atomic E-state index is 13.5. The van der Waals surface area contributed by atoms with E-state index in [-0.39, 0.29) is 11.8 Å². The molecule has 2 aliphatic heterocycles. The van der Waals surface area contributed by atoms with E-state index < -0.39 is 32.9 Å². The molecular weight excluding hydrogens is 351 g/mol. The van der Waals surface area contributed by atoms with Gasteiger partial charge in [-0.3, -0.25) is 4.79 Å². The summed E-state index contributed by atoms with van der Waals surface area (Å²) in [5.74, 6) is -1.21. The Morgan fingerprint density at radius 3 is 2.96 bits per heavy atom. The van der Waals surface area contributed by atoms with Crippen molar-refractivity contribution in [1.29, 1.82) is 0 Å². The normalized spacial score (nSPS) is 22.0. The molecule has 0 aliphatic carbocycles. The minimum Gasteiger partial charge on any atom is -0.476 e. The van der Waals surface area contributed by atoms with E-state index in [1.807, 2.05) is 0 Å². The molecule has 0 unspecified atom stereocenters. The van der Waals surface area contributed by atoms with E-state index in [0.29, 0.717) is 32.7 Å². The number of carbonyl (C=O) groups is 1. The highest BCUT2D eigenvalue weighted by molar-refractivity contribution is 7.91. The molecule has 7 nitrogen and oxygen atoms in total. The lowest BCUT2D eigenvalue weighted by atomic mass is 9.79. The molecule has 0 N–H and O–H groups in total. The van der Waals surface area contributed by atoms with Crippen molar-refractivity contribution in [1.82, 2.24) is 9.88 Å². The van der Waals surface area contributed by atoms with Crippen LogP contribution in [-0.4, -0.2) is 68.1 Å². The van der Waals surface area contributed by atoms with Gasteiger partial charge in [-0.25, -0.2) is 17.8 Å². The van der Waals surface area contributed by atoms with E-state index in [4.69, 9.17) is 9.47 Å². The van der Waals surface area contributed by atoms with Crippen molar-refractivity contribution in [3.05, 3.63) is 24.1 Å². The van der Waals surface area contributed by atoms with Gasteiger partial charge in [0, 0.05) is 19.1 Å². The van der Waals surface area contributed by atoms with E-state index in [1.165, 1.54) is 23.2 Å². The molecule has 1 spiro atoms. The van der Waals surface area contributed by atoms with Gasteiger partial charge in [0.15, 0.2) is 15.7 Å². The Kier molecular flexibility index (Phi) is 4.97. The first-order valence-electron chi connectivity index (χ1n) is 8.12. The van der Waals surface area contributed by atoms with Crippen molar-refractivity contribution in [2.75, 3.05) is 38.3 Å². The van der Waals surface area contributed by atoms with Gasteiger partial charge in [-0.15, -0.1) is 0 Å². The van der Waals surface area contributed by atoms with E-state index in [0.717, 1.165) is 12.7 Å². The van der Waals surface area contributed by atoms with Gasteiger partial charge in [-0.05, 0) is 30.9 Å². The summed E-state index contributed by atoms with van der Waals surface area (Å²) in [7, 11) is -3.34. The van der Waals surface area contributed by atoms with Crippen LogP contribution in [0.15, 0.2) is 18.3 Å². The highest BCUT2D eigenvalue weighted by Crippen LogP contribution is 2.41. The Balaban J connectivity index is 1.50. The third-order valence-electron chi connectivity index (χ3n) is 4.69. The summed E-state index contributed by atoms with van der Waals surface area (Å²) in [6.45, 7) is 1.69. The number of ether oxygens (including phenoxy) is 2. The Hall–Kier alpha value is -1.74. The minimum atomic E-state index is -3.34. The monoisotopic (exact) mass is 372 g/mol. The van der Waals surface area contributed by atoms with E-state index in [2.05, 4.69) is 4.98 Å². The van der Waals surface area contributed by atoms with E-state index in [9.17, 15) is 17.6 Å². The Morgan fingerprint density at radius 1 is 1.52 bits per heavy atom. The van der Waals surface area contributed by atoms with Crippen LogP contribution in [0.3, 0.4) is 0 Å². The molecule has 0 saturated carbocycles. The summed E-state index contributed by atoms with van der Waals surface area (Å²) in [5, 5.41) is 0. The molecule has 1 atom stereocenters.